The largest absolute Gasteiger partial charge is 0.456 e. The molecular formula is C44H23N3O2S. The predicted octanol–water partition coefficient (Wildman–Crippen LogP) is 12.6. The normalized spacial score (nSPS) is 12.4. The third-order valence-corrected chi connectivity index (χ3v) is 11.4. The lowest BCUT2D eigenvalue weighted by Crippen LogP contribution is -2.04. The predicted molar refractivity (Wildman–Crippen MR) is 207 cm³/mol. The molecule has 0 amide bonds. The molecule has 12 rings (SSSR count). The monoisotopic (exact) mass is 657 g/mol. The Kier molecular flexibility index (Phi) is 5.06. The zero-order chi connectivity index (χ0) is 32.5. The van der Waals surface area contributed by atoms with Gasteiger partial charge in [0.15, 0.2) is 5.82 Å². The van der Waals surface area contributed by atoms with E-state index in [1.54, 1.807) is 0 Å². The van der Waals surface area contributed by atoms with E-state index in [-0.39, 0.29) is 0 Å². The minimum absolute atomic E-state index is 0.784. The summed E-state index contributed by atoms with van der Waals surface area (Å²) in [6.07, 6.45) is 0. The molecule has 7 aromatic carbocycles. The summed E-state index contributed by atoms with van der Waals surface area (Å²) < 4.78 is 17.8. The van der Waals surface area contributed by atoms with Crippen molar-refractivity contribution >= 4 is 108 Å². The van der Waals surface area contributed by atoms with Crippen LogP contribution in [-0.2, 0) is 0 Å². The first-order valence-corrected chi connectivity index (χ1v) is 17.5. The van der Waals surface area contributed by atoms with E-state index in [1.807, 2.05) is 59.9 Å². The molecule has 0 bridgehead atoms. The van der Waals surface area contributed by atoms with E-state index in [0.29, 0.717) is 0 Å². The number of hydrogen-bond donors (Lipinski definition) is 0. The summed E-state index contributed by atoms with van der Waals surface area (Å²) in [5, 5.41) is 8.98. The summed E-state index contributed by atoms with van der Waals surface area (Å²) >= 11 is 1.83. The van der Waals surface area contributed by atoms with Crippen molar-refractivity contribution in [1.29, 1.82) is 0 Å². The first-order chi connectivity index (χ1) is 24.8. The van der Waals surface area contributed by atoms with Crippen LogP contribution >= 0.6 is 11.3 Å². The van der Waals surface area contributed by atoms with Crippen molar-refractivity contribution in [3.63, 3.8) is 0 Å². The van der Waals surface area contributed by atoms with Crippen LogP contribution in [-0.4, -0.2) is 14.5 Å². The van der Waals surface area contributed by atoms with Crippen LogP contribution in [0.4, 0.5) is 0 Å². The Morgan fingerprint density at radius 2 is 1.16 bits per heavy atom. The van der Waals surface area contributed by atoms with Crippen LogP contribution in [0.15, 0.2) is 148 Å². The number of para-hydroxylation sites is 4. The van der Waals surface area contributed by atoms with Gasteiger partial charge in [0.2, 0.25) is 0 Å². The molecule has 232 valence electrons. The molecule has 0 atom stereocenters. The van der Waals surface area contributed by atoms with Gasteiger partial charge in [-0.3, -0.25) is 4.57 Å². The maximum absolute atomic E-state index is 6.60. The van der Waals surface area contributed by atoms with Gasteiger partial charge in [0.05, 0.1) is 26.8 Å². The molecular weight excluding hydrogens is 635 g/mol. The van der Waals surface area contributed by atoms with Crippen LogP contribution in [0.2, 0.25) is 0 Å². The second kappa shape index (κ2) is 9.56. The lowest BCUT2D eigenvalue weighted by Gasteiger charge is -2.14. The first-order valence-electron chi connectivity index (χ1n) is 16.7. The lowest BCUT2D eigenvalue weighted by molar-refractivity contribution is 0.664. The van der Waals surface area contributed by atoms with Crippen molar-refractivity contribution in [3.8, 4) is 17.1 Å². The number of nitrogens with zero attached hydrogens (tertiary/aromatic N) is 3. The molecule has 50 heavy (non-hydrogen) atoms. The fourth-order valence-corrected chi connectivity index (χ4v) is 9.26. The second-order valence-corrected chi connectivity index (χ2v) is 13.9. The highest BCUT2D eigenvalue weighted by Crippen LogP contribution is 2.46. The summed E-state index contributed by atoms with van der Waals surface area (Å²) in [7, 11) is 0. The molecule has 0 saturated carbocycles. The van der Waals surface area contributed by atoms with Crippen LogP contribution in [0.1, 0.15) is 0 Å². The van der Waals surface area contributed by atoms with Crippen LogP contribution < -0.4 is 0 Å². The molecule has 12 aromatic rings. The number of aromatic nitrogens is 3. The number of fused-ring (bicyclic) bond motifs is 14. The Morgan fingerprint density at radius 3 is 2.08 bits per heavy atom. The van der Waals surface area contributed by atoms with Gasteiger partial charge in [0, 0.05) is 53.4 Å². The molecule has 0 N–H and O–H groups in total. The van der Waals surface area contributed by atoms with E-state index < -0.39 is 0 Å². The Hall–Kier alpha value is -6.50. The SMILES string of the molecule is c1ccc2nc(-n3c4ccccc4c4ccc5c6ccccc6sc5c43)c(-c3cccc4oc5cc6c(cc5c34)oc3ccccc36)nc2c1. The molecule has 6 heteroatoms. The van der Waals surface area contributed by atoms with Gasteiger partial charge in [-0.15, -0.1) is 11.3 Å². The molecule has 0 aliphatic rings. The highest BCUT2D eigenvalue weighted by Gasteiger charge is 2.24. The number of benzene rings is 7. The van der Waals surface area contributed by atoms with Crippen LogP contribution in [0, 0.1) is 0 Å². The topological polar surface area (TPSA) is 57.0 Å². The molecule has 0 aliphatic carbocycles. The van der Waals surface area contributed by atoms with Gasteiger partial charge in [-0.1, -0.05) is 91.0 Å². The molecule has 0 aliphatic heterocycles. The van der Waals surface area contributed by atoms with Gasteiger partial charge in [0.1, 0.15) is 28.0 Å². The summed E-state index contributed by atoms with van der Waals surface area (Å²) in [4.78, 5) is 10.9. The van der Waals surface area contributed by atoms with Crippen molar-refractivity contribution in [2.75, 3.05) is 0 Å². The Balaban J connectivity index is 1.25. The van der Waals surface area contributed by atoms with E-state index in [0.717, 1.165) is 83.0 Å². The summed E-state index contributed by atoms with van der Waals surface area (Å²) in [5.74, 6) is 0.784. The van der Waals surface area contributed by atoms with E-state index in [9.17, 15) is 0 Å². The van der Waals surface area contributed by atoms with E-state index in [4.69, 9.17) is 18.8 Å². The molecule has 0 fully saturated rings. The molecule has 5 heterocycles. The molecule has 0 unspecified atom stereocenters. The van der Waals surface area contributed by atoms with Crippen molar-refractivity contribution < 1.29 is 8.83 Å². The van der Waals surface area contributed by atoms with Crippen molar-refractivity contribution in [2.45, 2.75) is 0 Å². The Morgan fingerprint density at radius 1 is 0.480 bits per heavy atom. The number of thiophene rings is 1. The quantitative estimate of drug-likeness (QED) is 0.186. The number of rotatable bonds is 2. The number of furan rings is 2. The zero-order valence-corrected chi connectivity index (χ0v) is 27.2. The summed E-state index contributed by atoms with van der Waals surface area (Å²) in [5.41, 5.74) is 8.96. The summed E-state index contributed by atoms with van der Waals surface area (Å²) in [6.45, 7) is 0. The van der Waals surface area contributed by atoms with E-state index in [2.05, 4.69) is 95.6 Å². The standard InChI is InChI=1S/C44H23N3O2S/c1-6-16-34-24(10-1)27-20-21-28-26-12-3-8-19-39(26)50-43(28)42(27)47(34)44-41(45-32-14-4-5-15-33(32)46-44)29-13-9-18-36-40(29)31-23-37-30(22-38(31)49-36)25-11-2-7-17-35(25)48-37/h1-23H. The average Bonchev–Trinajstić information content (AvgIpc) is 3.92. The van der Waals surface area contributed by atoms with Crippen molar-refractivity contribution in [1.82, 2.24) is 14.5 Å². The summed E-state index contributed by atoms with van der Waals surface area (Å²) in [6, 6.07) is 48.6. The van der Waals surface area contributed by atoms with Gasteiger partial charge >= 0.3 is 0 Å². The van der Waals surface area contributed by atoms with E-state index in [1.165, 1.54) is 30.9 Å². The minimum Gasteiger partial charge on any atom is -0.456 e. The fourth-order valence-electron chi connectivity index (χ4n) is 8.02. The van der Waals surface area contributed by atoms with Crippen LogP contribution in [0.5, 0.6) is 0 Å². The Bertz CT molecular complexity index is 3400. The van der Waals surface area contributed by atoms with Gasteiger partial charge in [-0.2, -0.15) is 0 Å². The maximum Gasteiger partial charge on any atom is 0.165 e. The Labute approximate surface area is 287 Å². The molecule has 5 aromatic heterocycles. The third-order valence-electron chi connectivity index (χ3n) is 10.2. The molecule has 5 nitrogen and oxygen atoms in total. The first kappa shape index (κ1) is 26.5. The van der Waals surface area contributed by atoms with Crippen LogP contribution in [0.3, 0.4) is 0 Å². The van der Waals surface area contributed by atoms with Crippen molar-refractivity contribution in [2.24, 2.45) is 0 Å². The third kappa shape index (κ3) is 3.45. The number of hydrogen-bond acceptors (Lipinski definition) is 5. The highest BCUT2D eigenvalue weighted by atomic mass is 32.1. The maximum atomic E-state index is 6.60. The van der Waals surface area contributed by atoms with Gasteiger partial charge in [0.25, 0.3) is 0 Å². The highest BCUT2D eigenvalue weighted by molar-refractivity contribution is 7.26. The zero-order valence-electron chi connectivity index (χ0n) is 26.3. The molecule has 0 saturated heterocycles. The minimum atomic E-state index is 0.784. The van der Waals surface area contributed by atoms with Gasteiger partial charge in [-0.05, 0) is 48.5 Å². The fraction of sp³-hybridized carbons (Fsp3) is 0. The van der Waals surface area contributed by atoms with Gasteiger partial charge in [-0.25, -0.2) is 9.97 Å². The smallest absolute Gasteiger partial charge is 0.165 e. The van der Waals surface area contributed by atoms with Gasteiger partial charge < -0.3 is 8.83 Å². The second-order valence-electron chi connectivity index (χ2n) is 12.9. The average molecular weight is 658 g/mol. The molecule has 0 spiro atoms. The van der Waals surface area contributed by atoms with Crippen molar-refractivity contribution in [3.05, 3.63) is 140 Å². The van der Waals surface area contributed by atoms with Crippen LogP contribution in [0.25, 0.3) is 114 Å². The van der Waals surface area contributed by atoms with E-state index >= 15 is 0 Å². The molecule has 0 radical (unpaired) electrons. The lowest BCUT2D eigenvalue weighted by atomic mass is 10.0.